The molecular formula is C20H35Cl2N5O. The number of carbonyl (C=O) groups excluding carboxylic acids is 1. The molecule has 2 unspecified atom stereocenters. The van der Waals surface area contributed by atoms with E-state index in [4.69, 9.17) is 10.8 Å². The van der Waals surface area contributed by atoms with E-state index in [9.17, 15) is 4.79 Å². The van der Waals surface area contributed by atoms with Crippen LogP contribution in [0, 0.1) is 24.7 Å². The average molecular weight is 432 g/mol. The van der Waals surface area contributed by atoms with Crippen LogP contribution in [0.5, 0.6) is 0 Å². The lowest BCUT2D eigenvalue weighted by molar-refractivity contribution is -0.122. The van der Waals surface area contributed by atoms with Gasteiger partial charge in [0, 0.05) is 18.0 Å². The lowest BCUT2D eigenvalue weighted by Gasteiger charge is -2.43. The molecule has 0 spiro atoms. The lowest BCUT2D eigenvalue weighted by Crippen LogP contribution is -2.48. The Morgan fingerprint density at radius 3 is 2.36 bits per heavy atom. The summed E-state index contributed by atoms with van der Waals surface area (Å²) in [6, 6.07) is 2.71. The molecule has 1 amide bonds. The number of hydrogen-bond acceptors (Lipinski definition) is 4. The summed E-state index contributed by atoms with van der Waals surface area (Å²) in [4.78, 5) is 15.4. The molecule has 2 atom stereocenters. The molecule has 1 aromatic heterocycles. The SMILES string of the molecule is Cc1cc(NC(=O)C2CC3CCCC(C2)C3N)n(C2CCN(C)CC2)n1.Cl.Cl. The molecule has 2 aliphatic carbocycles. The number of rotatable bonds is 3. The number of halogens is 2. The van der Waals surface area contributed by atoms with Gasteiger partial charge in [0.05, 0.1) is 11.7 Å². The van der Waals surface area contributed by atoms with Gasteiger partial charge in [-0.1, -0.05) is 6.42 Å². The number of hydrogen-bond donors (Lipinski definition) is 2. The molecule has 0 radical (unpaired) electrons. The van der Waals surface area contributed by atoms with E-state index in [2.05, 4.69) is 21.9 Å². The number of nitrogens with zero attached hydrogens (tertiary/aromatic N) is 3. The maximum absolute atomic E-state index is 13.0. The Morgan fingerprint density at radius 2 is 1.75 bits per heavy atom. The fourth-order valence-corrected chi connectivity index (χ4v) is 5.36. The van der Waals surface area contributed by atoms with Crippen LogP contribution in [0.1, 0.15) is 56.7 Å². The number of nitrogens with two attached hydrogens (primary N) is 1. The number of nitrogens with one attached hydrogen (secondary N) is 1. The highest BCUT2D eigenvalue weighted by Gasteiger charge is 2.40. The first-order valence-electron chi connectivity index (χ1n) is 10.3. The quantitative estimate of drug-likeness (QED) is 0.768. The third-order valence-corrected chi connectivity index (χ3v) is 6.93. The highest BCUT2D eigenvalue weighted by molar-refractivity contribution is 5.92. The zero-order valence-corrected chi connectivity index (χ0v) is 18.6. The Morgan fingerprint density at radius 1 is 1.14 bits per heavy atom. The highest BCUT2D eigenvalue weighted by Crippen LogP contribution is 2.42. The zero-order chi connectivity index (χ0) is 18.3. The Hall–Kier alpha value is -0.820. The summed E-state index contributed by atoms with van der Waals surface area (Å²) < 4.78 is 2.07. The molecule has 8 heteroatoms. The van der Waals surface area contributed by atoms with Gasteiger partial charge >= 0.3 is 0 Å². The standard InChI is InChI=1S/C20H33N5O.2ClH/c1-13-10-18(25(23-13)17-6-8-24(2)9-7-17)22-20(26)16-11-14-4-3-5-15(12-16)19(14)21;;/h10,14-17,19H,3-9,11-12,21H2,1-2H3,(H,22,26);2*1H. The highest BCUT2D eigenvalue weighted by atomic mass is 35.5. The fourth-order valence-electron chi connectivity index (χ4n) is 5.36. The van der Waals surface area contributed by atoms with Crippen LogP contribution in [0.3, 0.4) is 0 Å². The van der Waals surface area contributed by atoms with E-state index in [0.29, 0.717) is 23.9 Å². The van der Waals surface area contributed by atoms with Crippen LogP contribution in [0.15, 0.2) is 6.07 Å². The van der Waals surface area contributed by atoms with Gasteiger partial charge in [-0.3, -0.25) is 4.79 Å². The molecule has 3 N–H and O–H groups in total. The molecule has 4 rings (SSSR count). The summed E-state index contributed by atoms with van der Waals surface area (Å²) in [7, 11) is 2.16. The van der Waals surface area contributed by atoms with Crippen molar-refractivity contribution >= 4 is 36.5 Å². The van der Waals surface area contributed by atoms with Crippen LogP contribution in [0.4, 0.5) is 5.82 Å². The molecule has 1 aliphatic heterocycles. The van der Waals surface area contributed by atoms with Crippen molar-refractivity contribution in [3.05, 3.63) is 11.8 Å². The first kappa shape index (κ1) is 23.5. The van der Waals surface area contributed by atoms with Crippen LogP contribution in [-0.2, 0) is 4.79 Å². The van der Waals surface area contributed by atoms with E-state index >= 15 is 0 Å². The topological polar surface area (TPSA) is 76.2 Å². The summed E-state index contributed by atoms with van der Waals surface area (Å²) in [5, 5.41) is 7.91. The molecule has 0 aromatic carbocycles. The lowest BCUT2D eigenvalue weighted by atomic mass is 9.65. The molecule has 1 saturated heterocycles. The van der Waals surface area contributed by atoms with Gasteiger partial charge in [-0.05, 0) is 77.4 Å². The third kappa shape index (κ3) is 4.84. The monoisotopic (exact) mass is 431 g/mol. The zero-order valence-electron chi connectivity index (χ0n) is 17.0. The summed E-state index contributed by atoms with van der Waals surface area (Å²) in [5.74, 6) is 2.20. The number of aromatic nitrogens is 2. The molecule has 28 heavy (non-hydrogen) atoms. The Labute approximate surface area is 180 Å². The molecule has 2 saturated carbocycles. The fraction of sp³-hybridized carbons (Fsp3) is 0.800. The molecule has 2 bridgehead atoms. The van der Waals surface area contributed by atoms with Crippen LogP contribution in [-0.4, -0.2) is 46.8 Å². The van der Waals surface area contributed by atoms with Crippen molar-refractivity contribution < 1.29 is 4.79 Å². The van der Waals surface area contributed by atoms with Crippen molar-refractivity contribution in [2.75, 3.05) is 25.5 Å². The predicted molar refractivity (Wildman–Crippen MR) is 117 cm³/mol. The number of fused-ring (bicyclic) bond motifs is 2. The smallest absolute Gasteiger partial charge is 0.228 e. The minimum Gasteiger partial charge on any atom is -0.327 e. The van der Waals surface area contributed by atoms with Gasteiger partial charge in [0.2, 0.25) is 5.91 Å². The second kappa shape index (κ2) is 9.79. The van der Waals surface area contributed by atoms with Crippen LogP contribution in [0.2, 0.25) is 0 Å². The molecule has 6 nitrogen and oxygen atoms in total. The van der Waals surface area contributed by atoms with E-state index in [1.54, 1.807) is 0 Å². The summed E-state index contributed by atoms with van der Waals surface area (Å²) >= 11 is 0. The summed E-state index contributed by atoms with van der Waals surface area (Å²) in [6.07, 6.45) is 7.73. The van der Waals surface area contributed by atoms with Crippen molar-refractivity contribution in [1.29, 1.82) is 0 Å². The second-order valence-electron chi connectivity index (χ2n) is 8.84. The minimum absolute atomic E-state index is 0. The second-order valence-corrected chi connectivity index (χ2v) is 8.84. The molecule has 160 valence electrons. The first-order valence-corrected chi connectivity index (χ1v) is 10.3. The Bertz CT molecular complexity index is 645. The molecule has 2 heterocycles. The maximum Gasteiger partial charge on any atom is 0.228 e. The Balaban J connectivity index is 0.00000140. The first-order chi connectivity index (χ1) is 12.5. The van der Waals surface area contributed by atoms with Crippen LogP contribution in [0.25, 0.3) is 0 Å². The predicted octanol–water partition coefficient (Wildman–Crippen LogP) is 3.39. The van der Waals surface area contributed by atoms with Gasteiger partial charge in [0.15, 0.2) is 0 Å². The van der Waals surface area contributed by atoms with Gasteiger partial charge < -0.3 is 16.0 Å². The molecule has 1 aromatic rings. The average Bonchev–Trinajstić information content (AvgIpc) is 2.95. The molecule has 3 fully saturated rings. The van der Waals surface area contributed by atoms with Gasteiger partial charge in [-0.15, -0.1) is 24.8 Å². The number of carbonyl (C=O) groups is 1. The van der Waals surface area contributed by atoms with Crippen molar-refractivity contribution in [2.45, 2.75) is 64.0 Å². The minimum atomic E-state index is 0. The van der Waals surface area contributed by atoms with Crippen molar-refractivity contribution in [2.24, 2.45) is 23.5 Å². The largest absolute Gasteiger partial charge is 0.327 e. The van der Waals surface area contributed by atoms with Crippen molar-refractivity contribution in [1.82, 2.24) is 14.7 Å². The molecular weight excluding hydrogens is 397 g/mol. The van der Waals surface area contributed by atoms with E-state index in [0.717, 1.165) is 50.3 Å². The number of anilines is 1. The molecule has 3 aliphatic rings. The van der Waals surface area contributed by atoms with Gasteiger partial charge in [0.1, 0.15) is 5.82 Å². The van der Waals surface area contributed by atoms with Gasteiger partial charge in [-0.25, -0.2) is 4.68 Å². The van der Waals surface area contributed by atoms with E-state index < -0.39 is 0 Å². The van der Waals surface area contributed by atoms with E-state index in [-0.39, 0.29) is 36.6 Å². The van der Waals surface area contributed by atoms with Crippen molar-refractivity contribution in [3.63, 3.8) is 0 Å². The maximum atomic E-state index is 13.0. The van der Waals surface area contributed by atoms with E-state index in [1.807, 2.05) is 13.0 Å². The van der Waals surface area contributed by atoms with Gasteiger partial charge in [-0.2, -0.15) is 5.10 Å². The number of amides is 1. The normalized spacial score (nSPS) is 30.8. The van der Waals surface area contributed by atoms with Crippen LogP contribution < -0.4 is 11.1 Å². The van der Waals surface area contributed by atoms with Gasteiger partial charge in [0.25, 0.3) is 0 Å². The van der Waals surface area contributed by atoms with E-state index in [1.165, 1.54) is 19.3 Å². The third-order valence-electron chi connectivity index (χ3n) is 6.93. The summed E-state index contributed by atoms with van der Waals surface area (Å²) in [5.41, 5.74) is 7.36. The van der Waals surface area contributed by atoms with Crippen LogP contribution >= 0.6 is 24.8 Å². The summed E-state index contributed by atoms with van der Waals surface area (Å²) in [6.45, 7) is 4.17. The number of piperidine rings is 1. The number of likely N-dealkylation sites (tertiary alicyclic amines) is 1. The Kier molecular flexibility index (Phi) is 8.20. The number of aryl methyl sites for hydroxylation is 1. The van der Waals surface area contributed by atoms with Crippen molar-refractivity contribution in [3.8, 4) is 0 Å².